The van der Waals surface area contributed by atoms with Crippen molar-refractivity contribution in [2.75, 3.05) is 39.6 Å². The minimum Gasteiger partial charge on any atom is -0.462 e. The quantitative estimate of drug-likeness (QED) is 0.0222. The fourth-order valence-corrected chi connectivity index (χ4v) is 12.0. The third kappa shape index (κ3) is 63.2. The average molecular weight is 1310 g/mol. The molecule has 0 rings (SSSR count). The third-order valence-corrected chi connectivity index (χ3v) is 18.3. The van der Waals surface area contributed by atoms with E-state index in [-0.39, 0.29) is 25.7 Å². The van der Waals surface area contributed by atoms with Gasteiger partial charge in [0.05, 0.1) is 26.4 Å². The minimum atomic E-state index is -4.95. The third-order valence-electron chi connectivity index (χ3n) is 16.4. The Hall–Kier alpha value is -1.94. The molecule has 0 fully saturated rings. The first-order valence-electron chi connectivity index (χ1n) is 36.2. The fourth-order valence-electron chi connectivity index (χ4n) is 10.5. The van der Waals surface area contributed by atoms with Crippen LogP contribution in [0.5, 0.6) is 0 Å². The zero-order valence-electron chi connectivity index (χ0n) is 58.1. The zero-order valence-corrected chi connectivity index (χ0v) is 59.8. The Labute approximate surface area is 543 Å². The number of carbonyl (C=O) groups excluding carboxylic acids is 4. The van der Waals surface area contributed by atoms with Gasteiger partial charge in [-0.15, -0.1) is 0 Å². The normalized spacial score (nSPS) is 14.6. The molecule has 0 amide bonds. The molecule has 0 spiro atoms. The largest absolute Gasteiger partial charge is 0.472 e. The highest BCUT2D eigenvalue weighted by Crippen LogP contribution is 2.45. The Morgan fingerprint density at radius 1 is 0.315 bits per heavy atom. The summed E-state index contributed by atoms with van der Waals surface area (Å²) in [4.78, 5) is 72.5. The van der Waals surface area contributed by atoms with Crippen molar-refractivity contribution >= 4 is 39.5 Å². The molecule has 0 aromatic rings. The second-order valence-corrected chi connectivity index (χ2v) is 29.8. The van der Waals surface area contributed by atoms with Crippen LogP contribution in [0.2, 0.25) is 0 Å². The summed E-state index contributed by atoms with van der Waals surface area (Å²) < 4.78 is 68.2. The van der Waals surface area contributed by atoms with Crippen LogP contribution >= 0.6 is 15.6 Å². The van der Waals surface area contributed by atoms with Crippen LogP contribution in [0.15, 0.2) is 0 Å². The lowest BCUT2D eigenvalue weighted by Crippen LogP contribution is -2.30. The van der Waals surface area contributed by atoms with Crippen molar-refractivity contribution in [1.29, 1.82) is 0 Å². The lowest BCUT2D eigenvalue weighted by molar-refractivity contribution is -0.161. The van der Waals surface area contributed by atoms with E-state index in [1.165, 1.54) is 148 Å². The van der Waals surface area contributed by atoms with Gasteiger partial charge in [-0.1, -0.05) is 293 Å². The molecular weight excluding hydrogens is 1170 g/mol. The summed E-state index contributed by atoms with van der Waals surface area (Å²) in [5.41, 5.74) is 0. The molecule has 0 heterocycles. The topological polar surface area (TPSA) is 237 Å². The van der Waals surface area contributed by atoms with Gasteiger partial charge in [0.1, 0.15) is 19.3 Å². The van der Waals surface area contributed by atoms with Crippen molar-refractivity contribution in [3.8, 4) is 0 Å². The molecule has 89 heavy (non-hydrogen) atoms. The molecule has 0 saturated carbocycles. The minimum absolute atomic E-state index is 0.102. The number of phosphoric acid groups is 2. The lowest BCUT2D eigenvalue weighted by atomic mass is 10.00. The van der Waals surface area contributed by atoms with Gasteiger partial charge in [-0.3, -0.25) is 37.3 Å². The summed E-state index contributed by atoms with van der Waals surface area (Å²) in [6, 6.07) is 0. The number of carbonyl (C=O) groups is 4. The van der Waals surface area contributed by atoms with E-state index in [4.69, 9.17) is 37.0 Å². The van der Waals surface area contributed by atoms with E-state index in [9.17, 15) is 43.2 Å². The van der Waals surface area contributed by atoms with Crippen molar-refractivity contribution in [3.05, 3.63) is 0 Å². The molecule has 0 aliphatic heterocycles. The van der Waals surface area contributed by atoms with E-state index >= 15 is 0 Å². The van der Waals surface area contributed by atoms with E-state index < -0.39 is 97.5 Å². The van der Waals surface area contributed by atoms with Crippen LogP contribution in [0.4, 0.5) is 0 Å². The van der Waals surface area contributed by atoms with E-state index in [0.29, 0.717) is 25.7 Å². The molecule has 19 heteroatoms. The molecule has 0 saturated heterocycles. The number of aliphatic hydroxyl groups excluding tert-OH is 1. The highest BCUT2D eigenvalue weighted by molar-refractivity contribution is 7.47. The van der Waals surface area contributed by atoms with Crippen LogP contribution < -0.4 is 0 Å². The molecule has 528 valence electrons. The summed E-state index contributed by atoms with van der Waals surface area (Å²) in [5, 5.41) is 10.6. The molecule has 17 nitrogen and oxygen atoms in total. The maximum atomic E-state index is 13.0. The molecule has 0 aliphatic carbocycles. The molecule has 0 aromatic heterocycles. The van der Waals surface area contributed by atoms with E-state index in [1.807, 2.05) is 0 Å². The van der Waals surface area contributed by atoms with Gasteiger partial charge < -0.3 is 33.8 Å². The highest BCUT2D eigenvalue weighted by Gasteiger charge is 2.30. The Bertz CT molecular complexity index is 1770. The molecule has 0 radical (unpaired) electrons. The smallest absolute Gasteiger partial charge is 0.462 e. The number of ether oxygens (including phenoxy) is 4. The summed E-state index contributed by atoms with van der Waals surface area (Å²) in [6.45, 7) is 14.1. The van der Waals surface area contributed by atoms with Crippen molar-refractivity contribution in [2.45, 2.75) is 363 Å². The van der Waals surface area contributed by atoms with Crippen molar-refractivity contribution in [2.24, 2.45) is 23.7 Å². The lowest BCUT2D eigenvalue weighted by Gasteiger charge is -2.21. The highest BCUT2D eigenvalue weighted by atomic mass is 31.2. The number of esters is 4. The zero-order chi connectivity index (χ0) is 66.1. The fraction of sp³-hybridized carbons (Fsp3) is 0.943. The van der Waals surface area contributed by atoms with Gasteiger partial charge in [0.15, 0.2) is 12.2 Å². The maximum Gasteiger partial charge on any atom is 0.472 e. The van der Waals surface area contributed by atoms with Gasteiger partial charge in [-0.05, 0) is 49.4 Å². The Balaban J connectivity index is 5.24. The van der Waals surface area contributed by atoms with Crippen LogP contribution in [0, 0.1) is 23.7 Å². The Morgan fingerprint density at radius 3 is 0.798 bits per heavy atom. The van der Waals surface area contributed by atoms with Gasteiger partial charge >= 0.3 is 39.5 Å². The summed E-state index contributed by atoms with van der Waals surface area (Å²) >= 11 is 0. The molecule has 0 aliphatic rings. The van der Waals surface area contributed by atoms with Crippen LogP contribution in [0.1, 0.15) is 344 Å². The first-order valence-corrected chi connectivity index (χ1v) is 39.2. The van der Waals surface area contributed by atoms with Crippen LogP contribution in [0.3, 0.4) is 0 Å². The molecule has 0 aromatic carbocycles. The Morgan fingerprint density at radius 2 is 0.539 bits per heavy atom. The molecule has 3 N–H and O–H groups in total. The van der Waals surface area contributed by atoms with Crippen molar-refractivity contribution in [3.63, 3.8) is 0 Å². The number of hydrogen-bond acceptors (Lipinski definition) is 15. The molecular formula is C70H136O17P2. The van der Waals surface area contributed by atoms with E-state index in [2.05, 4.69) is 55.4 Å². The molecule has 0 bridgehead atoms. The van der Waals surface area contributed by atoms with E-state index in [1.54, 1.807) is 0 Å². The number of hydrogen-bond donors (Lipinski definition) is 3. The van der Waals surface area contributed by atoms with Crippen LogP contribution in [-0.2, 0) is 65.4 Å². The summed E-state index contributed by atoms with van der Waals surface area (Å²) in [6.07, 6.45) is 41.8. The van der Waals surface area contributed by atoms with E-state index in [0.717, 1.165) is 114 Å². The van der Waals surface area contributed by atoms with Crippen LogP contribution in [0.25, 0.3) is 0 Å². The van der Waals surface area contributed by atoms with Crippen molar-refractivity contribution < 1.29 is 80.2 Å². The molecule has 4 unspecified atom stereocenters. The van der Waals surface area contributed by atoms with Gasteiger partial charge in [0.25, 0.3) is 0 Å². The Kier molecular flexibility index (Phi) is 58.5. The number of rotatable bonds is 67. The summed E-state index contributed by atoms with van der Waals surface area (Å²) in [7, 11) is -9.90. The predicted molar refractivity (Wildman–Crippen MR) is 358 cm³/mol. The first-order chi connectivity index (χ1) is 42.6. The van der Waals surface area contributed by atoms with Gasteiger partial charge in [0.2, 0.25) is 0 Å². The number of aliphatic hydroxyl groups is 1. The van der Waals surface area contributed by atoms with Crippen LogP contribution in [-0.4, -0.2) is 96.7 Å². The number of unbranched alkanes of at least 4 members (excludes halogenated alkanes) is 32. The standard InChI is InChI=1S/C70H136O17P2/c1-9-63(8)49-41-33-28-29-37-45-53-70(75)87-66(57-81-68(73)51-43-35-26-21-19-24-32-40-48-62(6)7)59-85-89(78,79)83-55-64(71)54-82-88(76,77)84-58-65(56-80-67(72)50-42-34-25-20-18-23-31-39-47-61(4)5)86-69(74)52-44-36-27-17-15-13-11-10-12-14-16-22-30-38-46-60(2)3/h60-66,71H,9-59H2,1-8H3,(H,76,77)(H,78,79)/t63?,64?,65-,66-/m1/s1. The SMILES string of the molecule is CCC(C)CCCCCCCCC(=O)O[C@H](COC(=O)CCCCCCCCCCC(C)C)COP(=O)(O)OCC(O)COP(=O)(O)OC[C@@H](COC(=O)CCCCCCCCCCC(C)C)OC(=O)CCCCCCCCCCCCCCCCC(C)C. The monoisotopic (exact) mass is 1310 g/mol. The predicted octanol–water partition coefficient (Wildman–Crippen LogP) is 19.7. The van der Waals surface area contributed by atoms with Gasteiger partial charge in [0, 0.05) is 25.7 Å². The first kappa shape index (κ1) is 87.1. The maximum absolute atomic E-state index is 13.0. The number of phosphoric ester groups is 2. The average Bonchev–Trinajstić information content (AvgIpc) is 3.56. The second kappa shape index (κ2) is 59.8. The van der Waals surface area contributed by atoms with Gasteiger partial charge in [-0.25, -0.2) is 9.13 Å². The summed E-state index contributed by atoms with van der Waals surface area (Å²) in [5.74, 6) is 0.835. The van der Waals surface area contributed by atoms with Gasteiger partial charge in [-0.2, -0.15) is 0 Å². The van der Waals surface area contributed by atoms with Crippen molar-refractivity contribution in [1.82, 2.24) is 0 Å². The second-order valence-electron chi connectivity index (χ2n) is 26.9. The molecule has 6 atom stereocenters.